The van der Waals surface area contributed by atoms with E-state index in [2.05, 4.69) is 4.40 Å². The van der Waals surface area contributed by atoms with Crippen LogP contribution in [0.15, 0.2) is 38.5 Å². The highest BCUT2D eigenvalue weighted by Gasteiger charge is 2.24. The Hall–Kier alpha value is -1.50. The molecule has 0 aliphatic heterocycles. The van der Waals surface area contributed by atoms with Crippen LogP contribution < -0.4 is 0 Å². The molecule has 0 atom stereocenters. The molecule has 92 valence electrons. The topological polar surface area (TPSA) is 97.7 Å². The molecule has 0 unspecified atom stereocenters. The number of sulfone groups is 1. The summed E-state index contributed by atoms with van der Waals surface area (Å²) in [6.07, 6.45) is 0.895. The number of hydrogen-bond acceptors (Lipinski definition) is 5. The zero-order valence-corrected chi connectivity index (χ0v) is 10.5. The van der Waals surface area contributed by atoms with Crippen molar-refractivity contribution in [1.82, 2.24) is 0 Å². The SMILES string of the molecule is CCS(=O)(=O)c1ccccc1S(=O)(=O)N=C=O. The van der Waals surface area contributed by atoms with Gasteiger partial charge < -0.3 is 0 Å². The zero-order valence-electron chi connectivity index (χ0n) is 8.82. The number of hydrogen-bond donors (Lipinski definition) is 0. The minimum absolute atomic E-state index is 0.246. The minimum atomic E-state index is -4.31. The van der Waals surface area contributed by atoms with Gasteiger partial charge in [-0.25, -0.2) is 13.2 Å². The molecule has 0 aliphatic carbocycles. The second kappa shape index (κ2) is 4.79. The Morgan fingerprint density at radius 1 is 1.12 bits per heavy atom. The molecule has 8 heteroatoms. The summed E-state index contributed by atoms with van der Waals surface area (Å²) >= 11 is 0. The number of sulfonamides is 1. The summed E-state index contributed by atoms with van der Waals surface area (Å²) in [6.45, 7) is 1.39. The van der Waals surface area contributed by atoms with E-state index in [1.165, 1.54) is 19.1 Å². The maximum atomic E-state index is 11.7. The van der Waals surface area contributed by atoms with Crippen LogP contribution in [-0.2, 0) is 24.7 Å². The molecule has 17 heavy (non-hydrogen) atoms. The first-order valence-electron chi connectivity index (χ1n) is 4.51. The number of benzene rings is 1. The van der Waals surface area contributed by atoms with E-state index in [0.717, 1.165) is 18.2 Å². The lowest BCUT2D eigenvalue weighted by Gasteiger charge is -2.05. The maximum absolute atomic E-state index is 11.7. The van der Waals surface area contributed by atoms with E-state index in [4.69, 9.17) is 0 Å². The van der Waals surface area contributed by atoms with Gasteiger partial charge in [-0.2, -0.15) is 8.42 Å². The molecule has 1 aromatic carbocycles. The van der Waals surface area contributed by atoms with Crippen LogP contribution in [0, 0.1) is 0 Å². The lowest BCUT2D eigenvalue weighted by Crippen LogP contribution is -2.10. The molecule has 0 amide bonds. The first-order valence-corrected chi connectivity index (χ1v) is 7.60. The number of nitrogens with zero attached hydrogens (tertiary/aromatic N) is 1. The summed E-state index contributed by atoms with van der Waals surface area (Å²) < 4.78 is 49.0. The average molecular weight is 275 g/mol. The Labute approximate surface area is 99.0 Å². The number of rotatable bonds is 4. The van der Waals surface area contributed by atoms with Crippen molar-refractivity contribution in [2.45, 2.75) is 16.7 Å². The van der Waals surface area contributed by atoms with Crippen LogP contribution in [0.25, 0.3) is 0 Å². The predicted molar refractivity (Wildman–Crippen MR) is 59.5 cm³/mol. The second-order valence-electron chi connectivity index (χ2n) is 3.01. The zero-order chi connectivity index (χ0) is 13.1. The molecule has 0 aromatic heterocycles. The molecular weight excluding hydrogens is 266 g/mol. The third-order valence-corrected chi connectivity index (χ3v) is 5.14. The van der Waals surface area contributed by atoms with Gasteiger partial charge in [0, 0.05) is 0 Å². The van der Waals surface area contributed by atoms with Gasteiger partial charge in [-0.15, -0.1) is 0 Å². The molecule has 0 heterocycles. The minimum Gasteiger partial charge on any atom is -0.224 e. The van der Waals surface area contributed by atoms with Crippen molar-refractivity contribution in [3.8, 4) is 0 Å². The van der Waals surface area contributed by atoms with E-state index >= 15 is 0 Å². The Morgan fingerprint density at radius 2 is 1.65 bits per heavy atom. The number of carbonyl (C=O) groups excluding carboxylic acids is 1. The van der Waals surface area contributed by atoms with Gasteiger partial charge in [0.05, 0.1) is 10.6 Å². The monoisotopic (exact) mass is 275 g/mol. The second-order valence-corrected chi connectivity index (χ2v) is 6.83. The van der Waals surface area contributed by atoms with Crippen LogP contribution >= 0.6 is 0 Å². The van der Waals surface area contributed by atoms with Crippen molar-refractivity contribution < 1.29 is 21.6 Å². The van der Waals surface area contributed by atoms with Gasteiger partial charge in [0.2, 0.25) is 0 Å². The van der Waals surface area contributed by atoms with Gasteiger partial charge >= 0.3 is 0 Å². The summed E-state index contributed by atoms with van der Waals surface area (Å²) in [7, 11) is -8.01. The molecule has 0 N–H and O–H groups in total. The van der Waals surface area contributed by atoms with Gasteiger partial charge in [-0.05, 0) is 12.1 Å². The fourth-order valence-corrected chi connectivity index (χ4v) is 3.61. The van der Waals surface area contributed by atoms with Crippen LogP contribution in [0.5, 0.6) is 0 Å². The van der Waals surface area contributed by atoms with Crippen molar-refractivity contribution in [3.63, 3.8) is 0 Å². The van der Waals surface area contributed by atoms with E-state index in [9.17, 15) is 21.6 Å². The molecule has 0 saturated carbocycles. The molecule has 0 radical (unpaired) electrons. The molecule has 0 aliphatic rings. The van der Waals surface area contributed by atoms with E-state index in [0.29, 0.717) is 0 Å². The standard InChI is InChI=1S/C9H9NO5S2/c1-2-16(12,13)8-5-3-4-6-9(8)17(14,15)10-7-11/h3-6H,2H2,1H3. The van der Waals surface area contributed by atoms with Crippen LogP contribution in [0.3, 0.4) is 0 Å². The predicted octanol–water partition coefficient (Wildman–Crippen LogP) is 0.505. The first-order chi connectivity index (χ1) is 7.85. The largest absolute Gasteiger partial charge is 0.293 e. The molecule has 0 fully saturated rings. The van der Waals surface area contributed by atoms with E-state index < -0.39 is 24.8 Å². The van der Waals surface area contributed by atoms with Crippen molar-refractivity contribution in [2.75, 3.05) is 5.75 Å². The Morgan fingerprint density at radius 3 is 2.12 bits per heavy atom. The lowest BCUT2D eigenvalue weighted by molar-refractivity contribution is 0.562. The summed E-state index contributed by atoms with van der Waals surface area (Å²) in [4.78, 5) is 9.14. The van der Waals surface area contributed by atoms with Crippen molar-refractivity contribution >= 4 is 25.9 Å². The van der Waals surface area contributed by atoms with Gasteiger partial charge in [0.1, 0.15) is 4.90 Å². The highest BCUT2D eigenvalue weighted by atomic mass is 32.2. The van der Waals surface area contributed by atoms with Crippen LogP contribution in [0.4, 0.5) is 0 Å². The lowest BCUT2D eigenvalue weighted by atomic mass is 10.4. The molecule has 0 saturated heterocycles. The first kappa shape index (κ1) is 13.6. The number of isocyanates is 1. The van der Waals surface area contributed by atoms with Crippen molar-refractivity contribution in [1.29, 1.82) is 0 Å². The summed E-state index contributed by atoms with van der Waals surface area (Å²) in [5, 5.41) is 0. The smallest absolute Gasteiger partial charge is 0.224 e. The molecule has 6 nitrogen and oxygen atoms in total. The Balaban J connectivity index is 3.64. The fraction of sp³-hybridized carbons (Fsp3) is 0.222. The van der Waals surface area contributed by atoms with E-state index in [1.807, 2.05) is 0 Å². The Bertz CT molecular complexity index is 669. The van der Waals surface area contributed by atoms with Gasteiger partial charge in [0.15, 0.2) is 9.84 Å². The highest BCUT2D eigenvalue weighted by molar-refractivity contribution is 7.94. The molecule has 1 aromatic rings. The highest BCUT2D eigenvalue weighted by Crippen LogP contribution is 2.23. The summed E-state index contributed by atoms with van der Waals surface area (Å²) in [5.41, 5.74) is 0. The third-order valence-electron chi connectivity index (χ3n) is 2.00. The normalized spacial score (nSPS) is 11.8. The average Bonchev–Trinajstić information content (AvgIpc) is 2.29. The van der Waals surface area contributed by atoms with Gasteiger partial charge in [0.25, 0.3) is 16.1 Å². The fourth-order valence-electron chi connectivity index (χ4n) is 1.17. The van der Waals surface area contributed by atoms with Crippen LogP contribution in [-0.4, -0.2) is 28.7 Å². The van der Waals surface area contributed by atoms with E-state index in [1.54, 1.807) is 0 Å². The van der Waals surface area contributed by atoms with Gasteiger partial charge in [-0.1, -0.05) is 23.5 Å². The molecule has 1 rings (SSSR count). The van der Waals surface area contributed by atoms with Crippen LogP contribution in [0.1, 0.15) is 6.92 Å². The van der Waals surface area contributed by atoms with Crippen molar-refractivity contribution in [2.24, 2.45) is 4.40 Å². The molecule has 0 spiro atoms. The third kappa shape index (κ3) is 2.79. The van der Waals surface area contributed by atoms with E-state index in [-0.39, 0.29) is 10.6 Å². The van der Waals surface area contributed by atoms with Crippen LogP contribution in [0.2, 0.25) is 0 Å². The van der Waals surface area contributed by atoms with Gasteiger partial charge in [-0.3, -0.25) is 0 Å². The maximum Gasteiger partial charge on any atom is 0.293 e. The van der Waals surface area contributed by atoms with Crippen molar-refractivity contribution in [3.05, 3.63) is 24.3 Å². The summed E-state index contributed by atoms with van der Waals surface area (Å²) in [6, 6.07) is 4.98. The quantitative estimate of drug-likeness (QED) is 0.589. The summed E-state index contributed by atoms with van der Waals surface area (Å²) in [5.74, 6) is -0.246. The molecular formula is C9H9NO5S2. The Kier molecular flexibility index (Phi) is 3.82. The molecule has 0 bridgehead atoms.